The van der Waals surface area contributed by atoms with Crippen molar-refractivity contribution in [2.24, 2.45) is 0 Å². The normalized spacial score (nSPS) is 14.8. The zero-order valence-corrected chi connectivity index (χ0v) is 23.4. The monoisotopic (exact) mass is 557 g/mol. The van der Waals surface area contributed by atoms with Gasteiger partial charge in [0.2, 0.25) is 0 Å². The van der Waals surface area contributed by atoms with Crippen molar-refractivity contribution >= 4 is 27.3 Å². The Morgan fingerprint density at radius 1 is 1.03 bits per heavy atom. The highest BCUT2D eigenvalue weighted by atomic mass is 32.2. The van der Waals surface area contributed by atoms with E-state index in [1.54, 1.807) is 47.8 Å². The molecule has 0 unspecified atom stereocenters. The SMILES string of the molecule is CCCOc1ccc(CNC2CCN(S(=O)(=O)c3ccc(CNC(=O)c4cccc(OC)c4)s3)CC2)cc1. The summed E-state index contributed by atoms with van der Waals surface area (Å²) in [5.41, 5.74) is 1.66. The van der Waals surface area contributed by atoms with Gasteiger partial charge in [-0.1, -0.05) is 25.1 Å². The van der Waals surface area contributed by atoms with E-state index >= 15 is 0 Å². The van der Waals surface area contributed by atoms with Gasteiger partial charge in [-0.05, 0) is 67.3 Å². The molecule has 10 heteroatoms. The van der Waals surface area contributed by atoms with Crippen molar-refractivity contribution in [2.45, 2.75) is 49.5 Å². The Labute approximate surface area is 229 Å². The molecule has 1 aromatic heterocycles. The third kappa shape index (κ3) is 7.35. The zero-order chi connectivity index (χ0) is 27.0. The minimum atomic E-state index is -3.56. The van der Waals surface area contributed by atoms with Gasteiger partial charge in [-0.25, -0.2) is 8.42 Å². The lowest BCUT2D eigenvalue weighted by atomic mass is 10.1. The van der Waals surface area contributed by atoms with Crippen molar-refractivity contribution in [3.05, 3.63) is 76.7 Å². The summed E-state index contributed by atoms with van der Waals surface area (Å²) in [5, 5.41) is 6.40. The molecule has 0 spiro atoms. The van der Waals surface area contributed by atoms with E-state index in [9.17, 15) is 13.2 Å². The summed E-state index contributed by atoms with van der Waals surface area (Å²) in [5.74, 6) is 1.25. The molecule has 0 atom stereocenters. The second-order valence-corrected chi connectivity index (χ2v) is 12.5. The fourth-order valence-electron chi connectivity index (χ4n) is 4.24. The number of methoxy groups -OCH3 is 1. The Kier molecular flexibility index (Phi) is 9.79. The van der Waals surface area contributed by atoms with Gasteiger partial charge in [0.05, 0.1) is 20.3 Å². The molecular weight excluding hydrogens is 522 g/mol. The van der Waals surface area contributed by atoms with Gasteiger partial charge in [-0.15, -0.1) is 11.3 Å². The molecule has 0 bridgehead atoms. The van der Waals surface area contributed by atoms with Gasteiger partial charge in [-0.3, -0.25) is 4.79 Å². The first-order valence-electron chi connectivity index (χ1n) is 12.8. The molecular formula is C28H35N3O5S2. The molecule has 4 rings (SSSR count). The standard InChI is InChI=1S/C28H35N3O5S2/c1-3-17-36-24-9-7-21(8-10-24)19-29-23-13-15-31(16-14-23)38(33,34)27-12-11-26(37-27)20-30-28(32)22-5-4-6-25(18-22)35-2/h4-12,18,23,29H,3,13-17,19-20H2,1-2H3,(H,30,32). The van der Waals surface area contributed by atoms with Crippen LogP contribution in [0.4, 0.5) is 0 Å². The van der Waals surface area contributed by atoms with E-state index in [0.29, 0.717) is 35.2 Å². The summed E-state index contributed by atoms with van der Waals surface area (Å²) in [6.07, 6.45) is 2.49. The van der Waals surface area contributed by atoms with Crippen LogP contribution in [0.5, 0.6) is 11.5 Å². The zero-order valence-electron chi connectivity index (χ0n) is 21.8. The maximum Gasteiger partial charge on any atom is 0.252 e. The highest BCUT2D eigenvalue weighted by Crippen LogP contribution is 2.27. The number of nitrogens with zero attached hydrogens (tertiary/aromatic N) is 1. The van der Waals surface area contributed by atoms with Crippen LogP contribution in [0.2, 0.25) is 0 Å². The number of hydrogen-bond acceptors (Lipinski definition) is 7. The molecule has 204 valence electrons. The number of nitrogens with one attached hydrogen (secondary N) is 2. The Balaban J connectivity index is 1.24. The first-order chi connectivity index (χ1) is 18.4. The first-order valence-corrected chi connectivity index (χ1v) is 15.1. The van der Waals surface area contributed by atoms with Crippen LogP contribution >= 0.6 is 11.3 Å². The summed E-state index contributed by atoms with van der Waals surface area (Å²) < 4.78 is 39.1. The van der Waals surface area contributed by atoms with Gasteiger partial charge in [0.25, 0.3) is 15.9 Å². The lowest BCUT2D eigenvalue weighted by molar-refractivity contribution is 0.0951. The largest absolute Gasteiger partial charge is 0.497 e. The molecule has 1 amide bonds. The Hall–Kier alpha value is -2.92. The average Bonchev–Trinajstić information content (AvgIpc) is 3.44. The molecule has 0 aliphatic carbocycles. The van der Waals surface area contributed by atoms with Gasteiger partial charge in [0.1, 0.15) is 15.7 Å². The van der Waals surface area contributed by atoms with E-state index in [1.165, 1.54) is 16.9 Å². The van der Waals surface area contributed by atoms with E-state index in [0.717, 1.165) is 36.4 Å². The molecule has 2 N–H and O–H groups in total. The molecule has 0 saturated carbocycles. The number of thiophene rings is 1. The summed E-state index contributed by atoms with van der Waals surface area (Å²) in [7, 11) is -2.01. The molecule has 38 heavy (non-hydrogen) atoms. The van der Waals surface area contributed by atoms with Crippen LogP contribution in [0, 0.1) is 0 Å². The van der Waals surface area contributed by atoms with Gasteiger partial charge in [0, 0.05) is 36.1 Å². The summed E-state index contributed by atoms with van der Waals surface area (Å²) in [6.45, 7) is 4.74. The van der Waals surface area contributed by atoms with E-state index < -0.39 is 10.0 Å². The maximum absolute atomic E-state index is 13.2. The van der Waals surface area contributed by atoms with Crippen LogP contribution in [0.15, 0.2) is 64.9 Å². The first kappa shape index (κ1) is 28.1. The third-order valence-electron chi connectivity index (χ3n) is 6.43. The molecule has 1 aliphatic heterocycles. The topological polar surface area (TPSA) is 97.0 Å². The highest BCUT2D eigenvalue weighted by molar-refractivity contribution is 7.91. The van der Waals surface area contributed by atoms with Crippen molar-refractivity contribution in [3.8, 4) is 11.5 Å². The van der Waals surface area contributed by atoms with Crippen molar-refractivity contribution in [1.82, 2.24) is 14.9 Å². The molecule has 0 radical (unpaired) electrons. The lowest BCUT2D eigenvalue weighted by Crippen LogP contribution is -2.44. The number of piperidine rings is 1. The van der Waals surface area contributed by atoms with Crippen LogP contribution in [0.3, 0.4) is 0 Å². The van der Waals surface area contributed by atoms with Crippen molar-refractivity contribution < 1.29 is 22.7 Å². The lowest BCUT2D eigenvalue weighted by Gasteiger charge is -2.31. The second-order valence-electron chi connectivity index (χ2n) is 9.19. The number of hydrogen-bond donors (Lipinski definition) is 2. The van der Waals surface area contributed by atoms with E-state index in [2.05, 4.69) is 29.7 Å². The fraction of sp³-hybridized carbons (Fsp3) is 0.393. The quantitative estimate of drug-likeness (QED) is 0.342. The minimum absolute atomic E-state index is 0.239. The van der Waals surface area contributed by atoms with E-state index in [-0.39, 0.29) is 18.5 Å². The van der Waals surface area contributed by atoms with Gasteiger partial charge >= 0.3 is 0 Å². The summed E-state index contributed by atoms with van der Waals surface area (Å²) >= 11 is 1.20. The van der Waals surface area contributed by atoms with Crippen molar-refractivity contribution in [2.75, 3.05) is 26.8 Å². The van der Waals surface area contributed by atoms with Gasteiger partial charge < -0.3 is 20.1 Å². The maximum atomic E-state index is 13.2. The number of ether oxygens (including phenoxy) is 2. The molecule has 1 fully saturated rings. The number of amides is 1. The smallest absolute Gasteiger partial charge is 0.252 e. The number of sulfonamides is 1. The van der Waals surface area contributed by atoms with Crippen LogP contribution in [0.25, 0.3) is 0 Å². The van der Waals surface area contributed by atoms with Crippen LogP contribution in [0.1, 0.15) is 47.0 Å². The number of benzene rings is 2. The average molecular weight is 558 g/mol. The predicted molar refractivity (Wildman–Crippen MR) is 149 cm³/mol. The molecule has 2 aromatic carbocycles. The summed E-state index contributed by atoms with van der Waals surface area (Å²) in [6, 6.07) is 18.7. The van der Waals surface area contributed by atoms with Crippen LogP contribution in [-0.4, -0.2) is 51.5 Å². The van der Waals surface area contributed by atoms with Crippen molar-refractivity contribution in [3.63, 3.8) is 0 Å². The van der Waals surface area contributed by atoms with Gasteiger partial charge in [0.15, 0.2) is 0 Å². The number of carbonyl (C=O) groups is 1. The Bertz CT molecular complexity index is 1300. The van der Waals surface area contributed by atoms with E-state index in [4.69, 9.17) is 9.47 Å². The van der Waals surface area contributed by atoms with E-state index in [1.807, 2.05) is 12.1 Å². The highest BCUT2D eigenvalue weighted by Gasteiger charge is 2.30. The fourth-order valence-corrected chi connectivity index (χ4v) is 7.16. The molecule has 2 heterocycles. The molecule has 1 saturated heterocycles. The molecule has 8 nitrogen and oxygen atoms in total. The van der Waals surface area contributed by atoms with Crippen LogP contribution in [-0.2, 0) is 23.1 Å². The second kappa shape index (κ2) is 13.2. The predicted octanol–water partition coefficient (Wildman–Crippen LogP) is 4.42. The minimum Gasteiger partial charge on any atom is -0.497 e. The van der Waals surface area contributed by atoms with Crippen LogP contribution < -0.4 is 20.1 Å². The Morgan fingerprint density at radius 3 is 2.50 bits per heavy atom. The molecule has 3 aromatic rings. The number of carbonyl (C=O) groups excluding carboxylic acids is 1. The van der Waals surface area contributed by atoms with Gasteiger partial charge in [-0.2, -0.15) is 4.31 Å². The third-order valence-corrected chi connectivity index (χ3v) is 9.88. The molecule has 1 aliphatic rings. The number of rotatable bonds is 12. The van der Waals surface area contributed by atoms with Crippen molar-refractivity contribution in [1.29, 1.82) is 0 Å². The summed E-state index contributed by atoms with van der Waals surface area (Å²) in [4.78, 5) is 13.2. The Morgan fingerprint density at radius 2 is 1.79 bits per heavy atom.